The first-order chi connectivity index (χ1) is 14.3. The van der Waals surface area contributed by atoms with Crippen molar-refractivity contribution in [1.29, 1.82) is 0 Å². The SMILES string of the molecule is NCc1cnc(-c2cccc(OCCN3CCN(c4ccccc4)CC3)c2)cn1. The standard InChI is InChI=1S/C23H27N5O/c24-16-20-17-26-23(18-25-20)19-5-4-8-22(15-19)29-14-13-27-9-11-28(12-10-27)21-6-2-1-3-7-21/h1-8,15,17-18H,9-14,16,24H2. The van der Waals surface area contributed by atoms with Crippen molar-refractivity contribution in [3.05, 3.63) is 72.7 Å². The van der Waals surface area contributed by atoms with Crippen molar-refractivity contribution in [2.75, 3.05) is 44.2 Å². The van der Waals surface area contributed by atoms with Crippen molar-refractivity contribution in [1.82, 2.24) is 14.9 Å². The van der Waals surface area contributed by atoms with Gasteiger partial charge in [-0.15, -0.1) is 0 Å². The lowest BCUT2D eigenvalue weighted by Crippen LogP contribution is -2.47. The molecular weight excluding hydrogens is 362 g/mol. The van der Waals surface area contributed by atoms with Gasteiger partial charge in [-0.2, -0.15) is 0 Å². The number of anilines is 1. The lowest BCUT2D eigenvalue weighted by molar-refractivity contribution is 0.200. The minimum atomic E-state index is 0.399. The van der Waals surface area contributed by atoms with Gasteiger partial charge in [-0.3, -0.25) is 14.9 Å². The zero-order chi connectivity index (χ0) is 19.9. The summed E-state index contributed by atoms with van der Waals surface area (Å²) >= 11 is 0. The molecule has 0 spiro atoms. The van der Waals surface area contributed by atoms with E-state index < -0.39 is 0 Å². The van der Waals surface area contributed by atoms with Crippen LogP contribution in [0.3, 0.4) is 0 Å². The van der Waals surface area contributed by atoms with E-state index in [1.54, 1.807) is 12.4 Å². The summed E-state index contributed by atoms with van der Waals surface area (Å²) in [7, 11) is 0. The van der Waals surface area contributed by atoms with Crippen molar-refractivity contribution < 1.29 is 4.74 Å². The number of benzene rings is 2. The number of nitrogens with two attached hydrogens (primary N) is 1. The van der Waals surface area contributed by atoms with E-state index in [1.807, 2.05) is 24.3 Å². The average molecular weight is 390 g/mol. The molecule has 1 fully saturated rings. The minimum Gasteiger partial charge on any atom is -0.492 e. The maximum Gasteiger partial charge on any atom is 0.120 e. The minimum absolute atomic E-state index is 0.399. The van der Waals surface area contributed by atoms with Crippen LogP contribution in [0.4, 0.5) is 5.69 Å². The molecule has 29 heavy (non-hydrogen) atoms. The molecule has 0 unspecified atom stereocenters. The predicted octanol–water partition coefficient (Wildman–Crippen LogP) is 2.80. The van der Waals surface area contributed by atoms with Crippen LogP contribution < -0.4 is 15.4 Å². The molecule has 6 nitrogen and oxygen atoms in total. The van der Waals surface area contributed by atoms with E-state index in [9.17, 15) is 0 Å². The third-order valence-corrected chi connectivity index (χ3v) is 5.21. The van der Waals surface area contributed by atoms with E-state index in [0.717, 1.165) is 55.4 Å². The van der Waals surface area contributed by atoms with Crippen molar-refractivity contribution in [3.8, 4) is 17.0 Å². The van der Waals surface area contributed by atoms with Crippen molar-refractivity contribution in [2.24, 2.45) is 5.73 Å². The Bertz CT molecular complexity index is 893. The van der Waals surface area contributed by atoms with Gasteiger partial charge in [0.25, 0.3) is 0 Å². The van der Waals surface area contributed by atoms with Crippen molar-refractivity contribution in [2.45, 2.75) is 6.54 Å². The number of ether oxygens (including phenoxy) is 1. The van der Waals surface area contributed by atoms with E-state index in [0.29, 0.717) is 13.2 Å². The Kier molecular flexibility index (Phi) is 6.34. The molecule has 2 aromatic carbocycles. The molecule has 1 aromatic heterocycles. The van der Waals surface area contributed by atoms with Gasteiger partial charge in [0.1, 0.15) is 12.4 Å². The molecule has 150 valence electrons. The topological polar surface area (TPSA) is 67.5 Å². The Morgan fingerprint density at radius 3 is 2.45 bits per heavy atom. The van der Waals surface area contributed by atoms with Crippen LogP contribution in [0.1, 0.15) is 5.69 Å². The van der Waals surface area contributed by atoms with Crippen LogP contribution in [0.5, 0.6) is 5.75 Å². The van der Waals surface area contributed by atoms with Gasteiger partial charge in [0.2, 0.25) is 0 Å². The summed E-state index contributed by atoms with van der Waals surface area (Å²) in [6, 6.07) is 18.6. The zero-order valence-corrected chi connectivity index (χ0v) is 16.6. The Morgan fingerprint density at radius 2 is 1.72 bits per heavy atom. The van der Waals surface area contributed by atoms with Gasteiger partial charge in [-0.1, -0.05) is 30.3 Å². The lowest BCUT2D eigenvalue weighted by Gasteiger charge is -2.36. The van der Waals surface area contributed by atoms with Crippen LogP contribution in [0.25, 0.3) is 11.3 Å². The molecule has 6 heteroatoms. The second kappa shape index (κ2) is 9.49. The van der Waals surface area contributed by atoms with Gasteiger partial charge in [0, 0.05) is 50.5 Å². The first kappa shape index (κ1) is 19.4. The summed E-state index contributed by atoms with van der Waals surface area (Å²) in [5, 5.41) is 0. The molecule has 1 saturated heterocycles. The largest absolute Gasteiger partial charge is 0.492 e. The summed E-state index contributed by atoms with van der Waals surface area (Å²) < 4.78 is 6.00. The van der Waals surface area contributed by atoms with Crippen LogP contribution in [-0.2, 0) is 6.54 Å². The molecule has 1 aliphatic heterocycles. The fourth-order valence-electron chi connectivity index (χ4n) is 3.52. The summed E-state index contributed by atoms with van der Waals surface area (Å²) in [4.78, 5) is 13.7. The molecule has 1 aliphatic rings. The van der Waals surface area contributed by atoms with Gasteiger partial charge in [0.15, 0.2) is 0 Å². The van der Waals surface area contributed by atoms with Gasteiger partial charge in [0.05, 0.1) is 23.8 Å². The van der Waals surface area contributed by atoms with Gasteiger partial charge in [-0.05, 0) is 24.3 Å². The van der Waals surface area contributed by atoms with Gasteiger partial charge < -0.3 is 15.4 Å². The Labute approximate surface area is 172 Å². The number of aromatic nitrogens is 2. The summed E-state index contributed by atoms with van der Waals surface area (Å²) in [5.74, 6) is 0.857. The van der Waals surface area contributed by atoms with E-state index in [4.69, 9.17) is 10.5 Å². The zero-order valence-electron chi connectivity index (χ0n) is 16.6. The molecule has 2 N–H and O–H groups in total. The Morgan fingerprint density at radius 1 is 0.897 bits per heavy atom. The van der Waals surface area contributed by atoms with Gasteiger partial charge >= 0.3 is 0 Å². The number of hydrogen-bond acceptors (Lipinski definition) is 6. The van der Waals surface area contributed by atoms with Crippen LogP contribution in [0.15, 0.2) is 67.0 Å². The fraction of sp³-hybridized carbons (Fsp3) is 0.304. The fourth-order valence-corrected chi connectivity index (χ4v) is 3.52. The number of rotatable bonds is 7. The molecule has 0 amide bonds. The van der Waals surface area contributed by atoms with E-state index in [2.05, 4.69) is 50.1 Å². The third kappa shape index (κ3) is 5.10. The van der Waals surface area contributed by atoms with Gasteiger partial charge in [-0.25, -0.2) is 0 Å². The molecule has 0 aliphatic carbocycles. The summed E-state index contributed by atoms with van der Waals surface area (Å²) in [6.45, 7) is 6.22. The van der Waals surface area contributed by atoms with E-state index in [-0.39, 0.29) is 0 Å². The lowest BCUT2D eigenvalue weighted by atomic mass is 10.1. The highest BCUT2D eigenvalue weighted by atomic mass is 16.5. The van der Waals surface area contributed by atoms with Crippen LogP contribution in [0, 0.1) is 0 Å². The summed E-state index contributed by atoms with van der Waals surface area (Å²) in [5.41, 5.74) is 9.50. The third-order valence-electron chi connectivity index (χ3n) is 5.21. The molecule has 0 saturated carbocycles. The van der Waals surface area contributed by atoms with Crippen LogP contribution in [-0.4, -0.2) is 54.2 Å². The molecule has 2 heterocycles. The van der Waals surface area contributed by atoms with Crippen LogP contribution >= 0.6 is 0 Å². The highest BCUT2D eigenvalue weighted by Gasteiger charge is 2.16. The predicted molar refractivity (Wildman–Crippen MR) is 116 cm³/mol. The number of para-hydroxylation sites is 1. The van der Waals surface area contributed by atoms with Crippen LogP contribution in [0.2, 0.25) is 0 Å². The highest BCUT2D eigenvalue weighted by molar-refractivity contribution is 5.60. The Balaban J connectivity index is 1.26. The van der Waals surface area contributed by atoms with E-state index in [1.165, 1.54) is 5.69 Å². The highest BCUT2D eigenvalue weighted by Crippen LogP contribution is 2.22. The van der Waals surface area contributed by atoms with Crippen molar-refractivity contribution in [3.63, 3.8) is 0 Å². The number of hydrogen-bond donors (Lipinski definition) is 1. The number of piperazine rings is 1. The first-order valence-electron chi connectivity index (χ1n) is 10.1. The Hall–Kier alpha value is -2.96. The first-order valence-corrected chi connectivity index (χ1v) is 10.1. The second-order valence-electron chi connectivity index (χ2n) is 7.14. The molecule has 0 atom stereocenters. The summed E-state index contributed by atoms with van der Waals surface area (Å²) in [6.07, 6.45) is 3.48. The average Bonchev–Trinajstić information content (AvgIpc) is 2.80. The molecule has 4 rings (SSSR count). The molecule has 3 aromatic rings. The van der Waals surface area contributed by atoms with E-state index >= 15 is 0 Å². The normalized spacial score (nSPS) is 14.7. The van der Waals surface area contributed by atoms with Crippen molar-refractivity contribution >= 4 is 5.69 Å². The quantitative estimate of drug-likeness (QED) is 0.670. The maximum atomic E-state index is 6.00. The number of nitrogens with zero attached hydrogens (tertiary/aromatic N) is 4. The monoisotopic (exact) mass is 389 g/mol. The second-order valence-corrected chi connectivity index (χ2v) is 7.14. The smallest absolute Gasteiger partial charge is 0.120 e. The molecular formula is C23H27N5O. The molecule has 0 bridgehead atoms. The molecule has 0 radical (unpaired) electrons. The maximum absolute atomic E-state index is 6.00.